The molecule has 0 aliphatic carbocycles. The van der Waals surface area contributed by atoms with Crippen LogP contribution in [-0.4, -0.2) is 0 Å². The van der Waals surface area contributed by atoms with Gasteiger partial charge in [0.15, 0.2) is 12.4 Å². The predicted octanol–water partition coefficient (Wildman–Crippen LogP) is -2.18. The zero-order valence-corrected chi connectivity index (χ0v) is 7.22. The molecule has 0 saturated carbocycles. The maximum absolute atomic E-state index is 2.08. The van der Waals surface area contributed by atoms with Gasteiger partial charge in [-0.1, -0.05) is 0 Å². The van der Waals surface area contributed by atoms with Gasteiger partial charge in [-0.05, 0) is 13.0 Å². The normalized spacial score (nSPS) is 8.22. The Morgan fingerprint density at radius 1 is 1.44 bits per heavy atom. The van der Waals surface area contributed by atoms with Gasteiger partial charge in [-0.3, -0.25) is 0 Å². The molecule has 0 aromatic carbocycles. The number of aryl methyl sites for hydroxylation is 2. The standard InChI is InChI=1S/C7H10N.BrH/c1-7-4-3-5-8(2)6-7;/h3-6H,1-2H3;1H/q+1;/p-1. The summed E-state index contributed by atoms with van der Waals surface area (Å²) in [6.07, 6.45) is 4.10. The highest BCUT2D eigenvalue weighted by atomic mass is 79.9. The van der Waals surface area contributed by atoms with Crippen molar-refractivity contribution in [3.05, 3.63) is 30.1 Å². The second-order valence-electron chi connectivity index (χ2n) is 2.05. The van der Waals surface area contributed by atoms with Crippen molar-refractivity contribution in [1.29, 1.82) is 0 Å². The molecule has 0 saturated heterocycles. The van der Waals surface area contributed by atoms with Crippen LogP contribution in [0, 0.1) is 6.92 Å². The van der Waals surface area contributed by atoms with E-state index in [9.17, 15) is 0 Å². The Morgan fingerprint density at radius 3 is 2.44 bits per heavy atom. The van der Waals surface area contributed by atoms with E-state index in [0.717, 1.165) is 0 Å². The first-order chi connectivity index (χ1) is 3.79. The minimum Gasteiger partial charge on any atom is -1.00 e. The maximum atomic E-state index is 2.08. The van der Waals surface area contributed by atoms with Crippen molar-refractivity contribution >= 4 is 0 Å². The molecule has 0 fully saturated rings. The highest BCUT2D eigenvalue weighted by molar-refractivity contribution is 5.00. The third-order valence-corrected chi connectivity index (χ3v) is 1.09. The van der Waals surface area contributed by atoms with Crippen LogP contribution in [0.15, 0.2) is 24.5 Å². The molecule has 50 valence electrons. The third kappa shape index (κ3) is 2.61. The van der Waals surface area contributed by atoms with Crippen molar-refractivity contribution < 1.29 is 21.5 Å². The lowest BCUT2D eigenvalue weighted by atomic mass is 10.3. The van der Waals surface area contributed by atoms with E-state index in [4.69, 9.17) is 0 Å². The van der Waals surface area contributed by atoms with Gasteiger partial charge in [0.25, 0.3) is 0 Å². The summed E-state index contributed by atoms with van der Waals surface area (Å²) in [6, 6.07) is 4.12. The molecule has 0 amide bonds. The summed E-state index contributed by atoms with van der Waals surface area (Å²) >= 11 is 0. The number of rotatable bonds is 0. The predicted molar refractivity (Wildman–Crippen MR) is 32.4 cm³/mol. The SMILES string of the molecule is Cc1ccc[n+](C)c1.[Br-]. The number of halogens is 1. The van der Waals surface area contributed by atoms with Crippen molar-refractivity contribution in [2.75, 3.05) is 0 Å². The van der Waals surface area contributed by atoms with Gasteiger partial charge in [0.05, 0.1) is 0 Å². The van der Waals surface area contributed by atoms with E-state index in [2.05, 4.69) is 19.2 Å². The van der Waals surface area contributed by atoms with Crippen LogP contribution in [0.4, 0.5) is 0 Å². The molecule has 0 radical (unpaired) electrons. The van der Waals surface area contributed by atoms with Gasteiger partial charge >= 0.3 is 0 Å². The summed E-state index contributed by atoms with van der Waals surface area (Å²) in [5.74, 6) is 0. The van der Waals surface area contributed by atoms with Crippen molar-refractivity contribution in [1.82, 2.24) is 0 Å². The first-order valence-electron chi connectivity index (χ1n) is 2.71. The van der Waals surface area contributed by atoms with Gasteiger partial charge in [0.1, 0.15) is 7.05 Å². The first-order valence-corrected chi connectivity index (χ1v) is 2.71. The van der Waals surface area contributed by atoms with E-state index in [1.54, 1.807) is 0 Å². The molecule has 9 heavy (non-hydrogen) atoms. The molecule has 0 bridgehead atoms. The number of aromatic nitrogens is 1. The van der Waals surface area contributed by atoms with Crippen LogP contribution < -0.4 is 21.5 Å². The van der Waals surface area contributed by atoms with Crippen LogP contribution in [0.2, 0.25) is 0 Å². The Morgan fingerprint density at radius 2 is 2.11 bits per heavy atom. The van der Waals surface area contributed by atoms with Gasteiger partial charge in [-0.15, -0.1) is 0 Å². The fourth-order valence-electron chi connectivity index (χ4n) is 0.738. The molecule has 0 spiro atoms. The van der Waals surface area contributed by atoms with E-state index in [-0.39, 0.29) is 17.0 Å². The second kappa shape index (κ2) is 3.62. The maximum Gasteiger partial charge on any atom is 0.171 e. The van der Waals surface area contributed by atoms with Crippen molar-refractivity contribution in [2.45, 2.75) is 6.92 Å². The molecular formula is C7H10BrN. The zero-order valence-electron chi connectivity index (χ0n) is 5.63. The van der Waals surface area contributed by atoms with E-state index in [1.807, 2.05) is 23.9 Å². The summed E-state index contributed by atoms with van der Waals surface area (Å²) in [5, 5.41) is 0. The van der Waals surface area contributed by atoms with Crippen LogP contribution in [0.5, 0.6) is 0 Å². The molecule has 1 rings (SSSR count). The largest absolute Gasteiger partial charge is 1.00 e. The molecule has 0 unspecified atom stereocenters. The van der Waals surface area contributed by atoms with Crippen LogP contribution >= 0.6 is 0 Å². The zero-order chi connectivity index (χ0) is 5.98. The highest BCUT2D eigenvalue weighted by Gasteiger charge is 1.87. The minimum atomic E-state index is 0. The van der Waals surface area contributed by atoms with Crippen LogP contribution in [0.1, 0.15) is 5.56 Å². The van der Waals surface area contributed by atoms with E-state index in [1.165, 1.54) is 5.56 Å². The molecule has 0 N–H and O–H groups in total. The Hall–Kier alpha value is -0.370. The van der Waals surface area contributed by atoms with Gasteiger partial charge in [-0.2, -0.15) is 0 Å². The summed E-state index contributed by atoms with van der Waals surface area (Å²) < 4.78 is 2.04. The smallest absolute Gasteiger partial charge is 0.171 e. The fraction of sp³-hybridized carbons (Fsp3) is 0.286. The Balaban J connectivity index is 0.000000640. The Kier molecular flexibility index (Phi) is 3.47. The lowest BCUT2D eigenvalue weighted by Gasteiger charge is -1.85. The van der Waals surface area contributed by atoms with E-state index in [0.29, 0.717) is 0 Å². The van der Waals surface area contributed by atoms with Crippen LogP contribution in [0.3, 0.4) is 0 Å². The molecule has 0 atom stereocenters. The van der Waals surface area contributed by atoms with Crippen LogP contribution in [-0.2, 0) is 7.05 Å². The summed E-state index contributed by atoms with van der Waals surface area (Å²) in [7, 11) is 2.02. The molecule has 2 heteroatoms. The van der Waals surface area contributed by atoms with Gasteiger partial charge in [0, 0.05) is 11.6 Å². The molecule has 0 aliphatic heterocycles. The first kappa shape index (κ1) is 8.63. The van der Waals surface area contributed by atoms with Gasteiger partial charge < -0.3 is 17.0 Å². The van der Waals surface area contributed by atoms with Crippen molar-refractivity contribution in [3.8, 4) is 0 Å². The second-order valence-corrected chi connectivity index (χ2v) is 2.05. The molecule has 0 aliphatic rings. The number of nitrogens with zero attached hydrogens (tertiary/aromatic N) is 1. The van der Waals surface area contributed by atoms with Crippen molar-refractivity contribution in [2.24, 2.45) is 7.05 Å². The third-order valence-electron chi connectivity index (χ3n) is 1.09. The highest BCUT2D eigenvalue weighted by Crippen LogP contribution is 1.86. The molecule has 1 heterocycles. The number of pyridine rings is 1. The average molecular weight is 188 g/mol. The van der Waals surface area contributed by atoms with Gasteiger partial charge in [-0.25, -0.2) is 4.57 Å². The fourth-order valence-corrected chi connectivity index (χ4v) is 0.738. The lowest BCUT2D eigenvalue weighted by molar-refractivity contribution is -0.671. The van der Waals surface area contributed by atoms with Gasteiger partial charge in [0.2, 0.25) is 0 Å². The average Bonchev–Trinajstić information content (AvgIpc) is 1.64. The van der Waals surface area contributed by atoms with Crippen LogP contribution in [0.25, 0.3) is 0 Å². The molecular weight excluding hydrogens is 178 g/mol. The Bertz CT molecular complexity index is 169. The monoisotopic (exact) mass is 187 g/mol. The number of hydrogen-bond acceptors (Lipinski definition) is 0. The van der Waals surface area contributed by atoms with E-state index >= 15 is 0 Å². The molecule has 1 nitrogen and oxygen atoms in total. The quantitative estimate of drug-likeness (QED) is 0.408. The van der Waals surface area contributed by atoms with E-state index < -0.39 is 0 Å². The Labute approximate surface area is 66.1 Å². The minimum absolute atomic E-state index is 0. The summed E-state index contributed by atoms with van der Waals surface area (Å²) in [5.41, 5.74) is 1.30. The summed E-state index contributed by atoms with van der Waals surface area (Å²) in [6.45, 7) is 2.08. The lowest BCUT2D eigenvalue weighted by Crippen LogP contribution is -3.00. The number of hydrogen-bond donors (Lipinski definition) is 0. The molecule has 1 aromatic heterocycles. The topological polar surface area (TPSA) is 3.88 Å². The summed E-state index contributed by atoms with van der Waals surface area (Å²) in [4.78, 5) is 0. The van der Waals surface area contributed by atoms with Crippen molar-refractivity contribution in [3.63, 3.8) is 0 Å². The molecule has 1 aromatic rings.